The number of carbonyl (C=O) groups excluding carboxylic acids is 1. The molecule has 0 aliphatic carbocycles. The van der Waals surface area contributed by atoms with Crippen molar-refractivity contribution in [3.63, 3.8) is 0 Å². The Labute approximate surface area is 174 Å². The molecule has 0 bridgehead atoms. The van der Waals surface area contributed by atoms with Crippen molar-refractivity contribution >= 4 is 17.2 Å². The molecule has 0 unspecified atom stereocenters. The van der Waals surface area contributed by atoms with E-state index in [-0.39, 0.29) is 18.0 Å². The number of carbonyl (C=O) groups is 1. The molecular weight excluding hydrogens is 384 g/mol. The molecule has 3 aromatic rings. The van der Waals surface area contributed by atoms with Crippen LogP contribution in [0.4, 0.5) is 0 Å². The minimum Gasteiger partial charge on any atom is -0.497 e. The summed E-state index contributed by atoms with van der Waals surface area (Å²) < 4.78 is 7.44. The van der Waals surface area contributed by atoms with Gasteiger partial charge in [0.1, 0.15) is 11.4 Å². The summed E-state index contributed by atoms with van der Waals surface area (Å²) in [4.78, 5) is 23.5. The quantitative estimate of drug-likeness (QED) is 0.650. The van der Waals surface area contributed by atoms with Crippen LogP contribution in [0, 0.1) is 6.92 Å². The fraction of sp³-hybridized carbons (Fsp3) is 0.364. The first kappa shape index (κ1) is 18.4. The molecule has 2 aliphatic heterocycles. The molecule has 1 aromatic carbocycles. The summed E-state index contributed by atoms with van der Waals surface area (Å²) in [6.07, 6.45) is 2.05. The normalized spacial score (nSPS) is 21.3. The first-order chi connectivity index (χ1) is 14.1. The number of rotatable bonds is 5. The van der Waals surface area contributed by atoms with Gasteiger partial charge in [-0.3, -0.25) is 9.69 Å². The van der Waals surface area contributed by atoms with Crippen molar-refractivity contribution in [1.82, 2.24) is 19.4 Å². The van der Waals surface area contributed by atoms with Gasteiger partial charge in [0, 0.05) is 37.3 Å². The van der Waals surface area contributed by atoms with Crippen molar-refractivity contribution in [2.24, 2.45) is 0 Å². The van der Waals surface area contributed by atoms with Crippen LogP contribution < -0.4 is 4.74 Å². The molecule has 1 saturated heterocycles. The van der Waals surface area contributed by atoms with Gasteiger partial charge in [-0.2, -0.15) is 0 Å². The van der Waals surface area contributed by atoms with E-state index in [1.54, 1.807) is 18.4 Å². The number of amides is 1. The van der Waals surface area contributed by atoms with Gasteiger partial charge in [-0.25, -0.2) is 4.98 Å². The second-order valence-corrected chi connectivity index (χ2v) is 8.71. The Morgan fingerprint density at radius 1 is 1.14 bits per heavy atom. The lowest BCUT2D eigenvalue weighted by molar-refractivity contribution is 0.0556. The Bertz CT molecular complexity index is 1030. The molecule has 1 amide bonds. The maximum absolute atomic E-state index is 13.3. The highest BCUT2D eigenvalue weighted by molar-refractivity contribution is 7.09. The van der Waals surface area contributed by atoms with Crippen LogP contribution in [0.3, 0.4) is 0 Å². The number of aryl methyl sites for hydroxylation is 1. The number of thiazole rings is 1. The number of methoxy groups -OCH3 is 1. The minimum absolute atomic E-state index is 0.114. The van der Waals surface area contributed by atoms with Crippen LogP contribution in [0.25, 0.3) is 0 Å². The van der Waals surface area contributed by atoms with E-state index in [1.165, 1.54) is 4.88 Å². The number of hydrogen-bond acceptors (Lipinski definition) is 5. The lowest BCUT2D eigenvalue weighted by Gasteiger charge is -2.38. The maximum Gasteiger partial charge on any atom is 0.271 e. The molecule has 0 saturated carbocycles. The summed E-state index contributed by atoms with van der Waals surface area (Å²) >= 11 is 1.71. The maximum atomic E-state index is 13.3. The fourth-order valence-electron chi connectivity index (χ4n) is 4.52. The zero-order chi connectivity index (χ0) is 20.0. The van der Waals surface area contributed by atoms with E-state index in [0.717, 1.165) is 42.3 Å². The van der Waals surface area contributed by atoms with E-state index in [9.17, 15) is 4.79 Å². The van der Waals surface area contributed by atoms with Crippen LogP contribution in [0.1, 0.15) is 32.7 Å². The third-order valence-electron chi connectivity index (χ3n) is 6.08. The standard InChI is InChI=1S/C22H24N4O2S/c1-15-21(29-14-23-15)13-24-11-19-20(12-24)26(22(27)18-4-3-9-25(18)19)10-16-5-7-17(28-2)8-6-16/h3-9,14,19-20H,10-13H2,1-2H3/t19-,20-/m1/s1. The number of ether oxygens (including phenoxy) is 1. The zero-order valence-electron chi connectivity index (χ0n) is 16.6. The summed E-state index contributed by atoms with van der Waals surface area (Å²) in [5.74, 6) is 0.945. The first-order valence-corrected chi connectivity index (χ1v) is 10.7. The van der Waals surface area contributed by atoms with E-state index in [0.29, 0.717) is 6.54 Å². The smallest absolute Gasteiger partial charge is 0.271 e. The molecule has 0 spiro atoms. The minimum atomic E-state index is 0.114. The van der Waals surface area contributed by atoms with Crippen molar-refractivity contribution in [1.29, 1.82) is 0 Å². The number of fused-ring (bicyclic) bond motifs is 3. The summed E-state index contributed by atoms with van der Waals surface area (Å²) in [7, 11) is 1.67. The molecule has 2 aliphatic rings. The number of likely N-dealkylation sites (tertiary alicyclic amines) is 1. The number of hydrogen-bond donors (Lipinski definition) is 0. The highest BCUT2D eigenvalue weighted by Crippen LogP contribution is 2.35. The molecule has 29 heavy (non-hydrogen) atoms. The van der Waals surface area contributed by atoms with E-state index in [2.05, 4.69) is 32.5 Å². The average molecular weight is 409 g/mol. The molecular formula is C22H24N4O2S. The van der Waals surface area contributed by atoms with Crippen molar-refractivity contribution in [2.45, 2.75) is 32.1 Å². The fourth-order valence-corrected chi connectivity index (χ4v) is 5.33. The van der Waals surface area contributed by atoms with Crippen molar-refractivity contribution in [3.8, 4) is 5.75 Å². The molecule has 1 fully saturated rings. The molecule has 0 radical (unpaired) electrons. The number of benzene rings is 1. The Morgan fingerprint density at radius 2 is 1.93 bits per heavy atom. The van der Waals surface area contributed by atoms with Gasteiger partial charge in [0.2, 0.25) is 0 Å². The van der Waals surface area contributed by atoms with Gasteiger partial charge in [0.05, 0.1) is 30.4 Å². The van der Waals surface area contributed by atoms with Crippen molar-refractivity contribution in [2.75, 3.05) is 20.2 Å². The summed E-state index contributed by atoms with van der Waals surface area (Å²) in [6.45, 7) is 5.39. The van der Waals surface area contributed by atoms with Crippen LogP contribution in [0.5, 0.6) is 5.75 Å². The number of nitrogens with zero attached hydrogens (tertiary/aromatic N) is 4. The van der Waals surface area contributed by atoms with Gasteiger partial charge in [0.15, 0.2) is 0 Å². The highest BCUT2D eigenvalue weighted by atomic mass is 32.1. The van der Waals surface area contributed by atoms with Crippen LogP contribution in [0.2, 0.25) is 0 Å². The van der Waals surface area contributed by atoms with Gasteiger partial charge in [-0.05, 0) is 36.8 Å². The van der Waals surface area contributed by atoms with Gasteiger partial charge < -0.3 is 14.2 Å². The molecule has 4 heterocycles. The summed E-state index contributed by atoms with van der Waals surface area (Å²) in [5, 5.41) is 0. The summed E-state index contributed by atoms with van der Waals surface area (Å²) in [5.41, 5.74) is 4.93. The second-order valence-electron chi connectivity index (χ2n) is 7.77. The third-order valence-corrected chi connectivity index (χ3v) is 7.00. The lowest BCUT2D eigenvalue weighted by atomic mass is 10.0. The largest absolute Gasteiger partial charge is 0.497 e. The Hall–Kier alpha value is -2.64. The third kappa shape index (κ3) is 3.24. The van der Waals surface area contributed by atoms with Crippen LogP contribution in [0.15, 0.2) is 48.1 Å². The Kier molecular flexibility index (Phi) is 4.64. The van der Waals surface area contributed by atoms with E-state index in [4.69, 9.17) is 4.74 Å². The van der Waals surface area contributed by atoms with Crippen LogP contribution in [-0.2, 0) is 13.1 Å². The van der Waals surface area contributed by atoms with E-state index < -0.39 is 0 Å². The van der Waals surface area contributed by atoms with Crippen molar-refractivity contribution in [3.05, 3.63) is 69.9 Å². The highest BCUT2D eigenvalue weighted by Gasteiger charge is 2.44. The Balaban J connectivity index is 1.42. The first-order valence-electron chi connectivity index (χ1n) is 9.86. The predicted molar refractivity (Wildman–Crippen MR) is 112 cm³/mol. The molecule has 2 atom stereocenters. The average Bonchev–Trinajstić information content (AvgIpc) is 3.46. The zero-order valence-corrected chi connectivity index (χ0v) is 17.4. The Morgan fingerprint density at radius 3 is 2.66 bits per heavy atom. The molecule has 6 nitrogen and oxygen atoms in total. The molecule has 5 rings (SSSR count). The van der Waals surface area contributed by atoms with Crippen molar-refractivity contribution < 1.29 is 9.53 Å². The predicted octanol–water partition coefficient (Wildman–Crippen LogP) is 3.34. The molecule has 2 aromatic heterocycles. The summed E-state index contributed by atoms with van der Waals surface area (Å²) in [6, 6.07) is 12.4. The monoisotopic (exact) mass is 408 g/mol. The van der Waals surface area contributed by atoms with Gasteiger partial charge in [-0.1, -0.05) is 12.1 Å². The van der Waals surface area contributed by atoms with E-state index in [1.807, 2.05) is 41.9 Å². The van der Waals surface area contributed by atoms with Gasteiger partial charge in [0.25, 0.3) is 5.91 Å². The number of aromatic nitrogens is 2. The lowest BCUT2D eigenvalue weighted by Crippen LogP contribution is -2.49. The van der Waals surface area contributed by atoms with Gasteiger partial charge >= 0.3 is 0 Å². The molecule has 0 N–H and O–H groups in total. The van der Waals surface area contributed by atoms with Crippen LogP contribution in [-0.4, -0.2) is 51.5 Å². The van der Waals surface area contributed by atoms with Gasteiger partial charge in [-0.15, -0.1) is 11.3 Å². The SMILES string of the molecule is COc1ccc(CN2C(=O)c3cccn3[C@@H]3CN(Cc4scnc4C)C[C@H]32)cc1. The topological polar surface area (TPSA) is 50.6 Å². The van der Waals surface area contributed by atoms with E-state index >= 15 is 0 Å². The molecule has 150 valence electrons. The molecule has 7 heteroatoms. The van der Waals surface area contributed by atoms with Crippen LogP contribution >= 0.6 is 11.3 Å². The second kappa shape index (κ2) is 7.31.